The van der Waals surface area contributed by atoms with Crippen LogP contribution in [0.1, 0.15) is 42.3 Å². The van der Waals surface area contributed by atoms with Gasteiger partial charge in [0.05, 0.1) is 11.3 Å². The van der Waals surface area contributed by atoms with Gasteiger partial charge in [0.15, 0.2) is 0 Å². The third-order valence-electron chi connectivity index (χ3n) is 4.71. The molecule has 0 fully saturated rings. The summed E-state index contributed by atoms with van der Waals surface area (Å²) >= 11 is 0. The quantitative estimate of drug-likeness (QED) is 0.685. The number of nitrogens with one attached hydrogen (secondary N) is 1. The molecule has 0 saturated carbocycles. The summed E-state index contributed by atoms with van der Waals surface area (Å²) in [6.07, 6.45) is 5.04. The first-order valence-corrected chi connectivity index (χ1v) is 9.70. The van der Waals surface area contributed by atoms with Crippen LogP contribution < -0.4 is 5.32 Å². The van der Waals surface area contributed by atoms with E-state index in [1.807, 2.05) is 56.6 Å². The van der Waals surface area contributed by atoms with Crippen molar-refractivity contribution >= 4 is 11.6 Å². The number of nitrogens with zero attached hydrogens (tertiary/aromatic N) is 3. The zero-order chi connectivity index (χ0) is 21.0. The number of benzene rings is 1. The average Bonchev–Trinajstić information content (AvgIpc) is 2.68. The Hall–Kier alpha value is -3.05. The Labute approximate surface area is 172 Å². The van der Waals surface area contributed by atoms with E-state index in [1.54, 1.807) is 18.6 Å². The SMILES string of the molecule is CN(C)Cc1cccnc1-c1ccncc1C(=O)Nc1ccc(C(C)(C)C)cc1. The minimum Gasteiger partial charge on any atom is -0.322 e. The van der Waals surface area contributed by atoms with E-state index >= 15 is 0 Å². The van der Waals surface area contributed by atoms with Crippen LogP contribution in [0.2, 0.25) is 0 Å². The van der Waals surface area contributed by atoms with E-state index in [2.05, 4.69) is 41.0 Å². The van der Waals surface area contributed by atoms with Gasteiger partial charge in [-0.15, -0.1) is 0 Å². The second-order valence-electron chi connectivity index (χ2n) is 8.45. The molecule has 1 N–H and O–H groups in total. The highest BCUT2D eigenvalue weighted by Gasteiger charge is 2.18. The van der Waals surface area contributed by atoms with E-state index in [1.165, 1.54) is 5.56 Å². The van der Waals surface area contributed by atoms with Crippen LogP contribution >= 0.6 is 0 Å². The molecule has 0 atom stereocenters. The molecule has 1 aromatic carbocycles. The lowest BCUT2D eigenvalue weighted by molar-refractivity contribution is 0.102. The number of rotatable bonds is 5. The Kier molecular flexibility index (Phi) is 6.09. The molecule has 1 amide bonds. The van der Waals surface area contributed by atoms with Crippen LogP contribution in [-0.2, 0) is 12.0 Å². The number of carbonyl (C=O) groups is 1. The lowest BCUT2D eigenvalue weighted by Crippen LogP contribution is -2.16. The number of hydrogen-bond acceptors (Lipinski definition) is 4. The van der Waals surface area contributed by atoms with Crippen LogP contribution in [-0.4, -0.2) is 34.9 Å². The Morgan fingerprint density at radius 1 is 1.03 bits per heavy atom. The first-order chi connectivity index (χ1) is 13.8. The van der Waals surface area contributed by atoms with Gasteiger partial charge in [0.1, 0.15) is 0 Å². The Bertz CT molecular complexity index is 988. The molecule has 0 aliphatic rings. The second kappa shape index (κ2) is 8.53. The summed E-state index contributed by atoms with van der Waals surface area (Å²) in [5, 5.41) is 2.99. The Morgan fingerprint density at radius 3 is 2.41 bits per heavy atom. The molecule has 150 valence electrons. The van der Waals surface area contributed by atoms with Crippen molar-refractivity contribution in [1.82, 2.24) is 14.9 Å². The molecule has 5 nitrogen and oxygen atoms in total. The Morgan fingerprint density at radius 2 is 1.76 bits per heavy atom. The van der Waals surface area contributed by atoms with Crippen molar-refractivity contribution in [3.63, 3.8) is 0 Å². The van der Waals surface area contributed by atoms with Gasteiger partial charge in [-0.3, -0.25) is 14.8 Å². The summed E-state index contributed by atoms with van der Waals surface area (Å²) in [5.41, 5.74) is 5.20. The lowest BCUT2D eigenvalue weighted by Gasteiger charge is -2.19. The van der Waals surface area contributed by atoms with Crippen molar-refractivity contribution in [3.05, 3.63) is 77.7 Å². The summed E-state index contributed by atoms with van der Waals surface area (Å²) in [5.74, 6) is -0.196. The van der Waals surface area contributed by atoms with E-state index in [9.17, 15) is 4.79 Å². The predicted molar refractivity (Wildman–Crippen MR) is 118 cm³/mol. The summed E-state index contributed by atoms with van der Waals surface area (Å²) in [6, 6.07) is 13.8. The molecule has 0 saturated heterocycles. The van der Waals surface area contributed by atoms with E-state index < -0.39 is 0 Å². The monoisotopic (exact) mass is 388 g/mol. The molecule has 3 rings (SSSR count). The number of hydrogen-bond donors (Lipinski definition) is 1. The van der Waals surface area contributed by atoms with Crippen LogP contribution in [0.25, 0.3) is 11.3 Å². The third kappa shape index (κ3) is 5.06. The molecule has 2 aromatic heterocycles. The standard InChI is InChI=1S/C24H28N4O/c1-24(2,3)18-8-10-19(11-9-18)27-23(29)21-15-25-14-12-20(21)22-17(16-28(4)5)7-6-13-26-22/h6-15H,16H2,1-5H3,(H,27,29). The number of anilines is 1. The Balaban J connectivity index is 1.91. The van der Waals surface area contributed by atoms with Crippen LogP contribution in [0.3, 0.4) is 0 Å². The molecular weight excluding hydrogens is 360 g/mol. The van der Waals surface area contributed by atoms with Gasteiger partial charge in [-0.2, -0.15) is 0 Å². The molecule has 3 aromatic rings. The average molecular weight is 389 g/mol. The fourth-order valence-electron chi connectivity index (χ4n) is 3.18. The maximum Gasteiger partial charge on any atom is 0.257 e. The van der Waals surface area contributed by atoms with E-state index in [0.29, 0.717) is 5.56 Å². The molecule has 0 unspecified atom stereocenters. The van der Waals surface area contributed by atoms with Crippen LogP contribution in [0, 0.1) is 0 Å². The van der Waals surface area contributed by atoms with Gasteiger partial charge in [-0.05, 0) is 54.9 Å². The van der Waals surface area contributed by atoms with Gasteiger partial charge in [0, 0.05) is 36.4 Å². The largest absolute Gasteiger partial charge is 0.322 e. The van der Waals surface area contributed by atoms with Crippen molar-refractivity contribution < 1.29 is 4.79 Å². The van der Waals surface area contributed by atoms with Crippen LogP contribution in [0.5, 0.6) is 0 Å². The normalized spacial score (nSPS) is 11.5. The van der Waals surface area contributed by atoms with E-state index in [4.69, 9.17) is 0 Å². The van der Waals surface area contributed by atoms with Gasteiger partial charge in [-0.25, -0.2) is 0 Å². The first kappa shape index (κ1) is 20.7. The van der Waals surface area contributed by atoms with Gasteiger partial charge in [0.2, 0.25) is 0 Å². The fourth-order valence-corrected chi connectivity index (χ4v) is 3.18. The van der Waals surface area contributed by atoms with Gasteiger partial charge >= 0.3 is 0 Å². The summed E-state index contributed by atoms with van der Waals surface area (Å²) in [6.45, 7) is 7.24. The predicted octanol–water partition coefficient (Wildman–Crippen LogP) is 4.76. The molecular formula is C24H28N4O. The molecule has 0 bridgehead atoms. The molecule has 2 heterocycles. The van der Waals surface area contributed by atoms with Crippen LogP contribution in [0.15, 0.2) is 61.1 Å². The molecule has 0 aliphatic heterocycles. The minimum absolute atomic E-state index is 0.0703. The van der Waals surface area contributed by atoms with E-state index in [-0.39, 0.29) is 11.3 Å². The summed E-state index contributed by atoms with van der Waals surface area (Å²) in [7, 11) is 4.02. The zero-order valence-corrected chi connectivity index (χ0v) is 17.7. The molecule has 0 spiro atoms. The fraction of sp³-hybridized carbons (Fsp3) is 0.292. The highest BCUT2D eigenvalue weighted by Crippen LogP contribution is 2.27. The topological polar surface area (TPSA) is 58.1 Å². The number of amides is 1. The highest BCUT2D eigenvalue weighted by molar-refractivity contribution is 6.08. The van der Waals surface area contributed by atoms with Gasteiger partial charge in [-0.1, -0.05) is 39.0 Å². The van der Waals surface area contributed by atoms with Gasteiger partial charge < -0.3 is 10.2 Å². The molecule has 29 heavy (non-hydrogen) atoms. The first-order valence-electron chi connectivity index (χ1n) is 9.70. The van der Waals surface area contributed by atoms with Crippen molar-refractivity contribution in [2.75, 3.05) is 19.4 Å². The summed E-state index contributed by atoms with van der Waals surface area (Å²) < 4.78 is 0. The number of pyridine rings is 2. The van der Waals surface area contributed by atoms with Gasteiger partial charge in [0.25, 0.3) is 5.91 Å². The maximum atomic E-state index is 13.0. The van der Waals surface area contributed by atoms with Crippen molar-refractivity contribution in [2.24, 2.45) is 0 Å². The molecule has 5 heteroatoms. The van der Waals surface area contributed by atoms with Crippen molar-refractivity contribution in [3.8, 4) is 11.3 Å². The molecule has 0 aliphatic carbocycles. The number of carbonyl (C=O) groups excluding carboxylic acids is 1. The minimum atomic E-state index is -0.196. The highest BCUT2D eigenvalue weighted by atomic mass is 16.1. The zero-order valence-electron chi connectivity index (χ0n) is 17.7. The third-order valence-corrected chi connectivity index (χ3v) is 4.71. The van der Waals surface area contributed by atoms with Crippen molar-refractivity contribution in [2.45, 2.75) is 32.7 Å². The smallest absolute Gasteiger partial charge is 0.257 e. The second-order valence-corrected chi connectivity index (χ2v) is 8.45. The number of aromatic nitrogens is 2. The van der Waals surface area contributed by atoms with E-state index in [0.717, 1.165) is 29.1 Å². The maximum absolute atomic E-state index is 13.0. The molecule has 0 radical (unpaired) electrons. The lowest BCUT2D eigenvalue weighted by atomic mass is 9.87. The van der Waals surface area contributed by atoms with Crippen LogP contribution in [0.4, 0.5) is 5.69 Å². The van der Waals surface area contributed by atoms with Crippen molar-refractivity contribution in [1.29, 1.82) is 0 Å². The summed E-state index contributed by atoms with van der Waals surface area (Å²) in [4.78, 5) is 23.8.